The minimum atomic E-state index is -4.56. The number of carbonyl (C=O) groups excluding carboxylic acids is 2. The highest BCUT2D eigenvalue weighted by Crippen LogP contribution is 2.40. The maximum atomic E-state index is 15.3. The van der Waals surface area contributed by atoms with E-state index in [-0.39, 0.29) is 35.2 Å². The average molecular weight is 573 g/mol. The first-order valence-electron chi connectivity index (χ1n) is 12.8. The molecule has 41 heavy (non-hydrogen) atoms. The number of rotatable bonds is 4. The molecule has 0 saturated carbocycles. The highest BCUT2D eigenvalue weighted by molar-refractivity contribution is 6.04. The van der Waals surface area contributed by atoms with Crippen molar-refractivity contribution >= 4 is 28.8 Å². The molecule has 1 fully saturated rings. The van der Waals surface area contributed by atoms with E-state index in [0.717, 1.165) is 11.6 Å². The molecule has 1 aromatic carbocycles. The zero-order valence-corrected chi connectivity index (χ0v) is 22.9. The van der Waals surface area contributed by atoms with Crippen molar-refractivity contribution in [3.8, 4) is 22.5 Å². The molecule has 0 spiro atoms. The highest BCUT2D eigenvalue weighted by atomic mass is 19.4. The molecule has 1 saturated heterocycles. The molecule has 1 aliphatic heterocycles. The molecule has 2 N–H and O–H groups in total. The maximum Gasteiger partial charge on any atom is 0.410 e. The number of benzene rings is 1. The van der Waals surface area contributed by atoms with Gasteiger partial charge < -0.3 is 15.5 Å². The van der Waals surface area contributed by atoms with Gasteiger partial charge in [-0.1, -0.05) is 0 Å². The van der Waals surface area contributed by atoms with E-state index >= 15 is 4.39 Å². The number of amides is 2. The van der Waals surface area contributed by atoms with Crippen molar-refractivity contribution in [1.82, 2.24) is 29.3 Å². The van der Waals surface area contributed by atoms with Gasteiger partial charge in [0.2, 0.25) is 5.91 Å². The van der Waals surface area contributed by atoms with Crippen molar-refractivity contribution in [1.29, 1.82) is 0 Å². The van der Waals surface area contributed by atoms with Crippen molar-refractivity contribution in [3.05, 3.63) is 48.7 Å². The molecule has 0 bridgehead atoms. The minimum absolute atomic E-state index is 0.00876. The second-order valence-corrected chi connectivity index (χ2v) is 10.6. The second-order valence-electron chi connectivity index (χ2n) is 10.6. The number of piperazine rings is 1. The fraction of sp³-hybridized carbons (Fsp3) is 0.370. The van der Waals surface area contributed by atoms with Crippen LogP contribution in [0.1, 0.15) is 40.7 Å². The minimum Gasteiger partial charge on any atom is -0.382 e. The number of anilines is 2. The zero-order chi connectivity index (χ0) is 30.0. The molecular weight excluding hydrogens is 544 g/mol. The number of hydrogen-bond donors (Lipinski definition) is 1. The van der Waals surface area contributed by atoms with Crippen LogP contribution in [0.2, 0.25) is 0 Å². The summed E-state index contributed by atoms with van der Waals surface area (Å²) in [5.41, 5.74) is 6.40. The standard InChI is InChI=1S/C27H28F4N8O2/c1-14-12-36(16(3)40)26(4,5)25(41)37(14)22-10-17(6-7-19(22)28)21-11-18(23-24(32)33-13-35-39(21)23)20-8-9-34-38(20)15(2)27(29,30)31/h6-11,13-15H,12H2,1-5H3,(H2,32,33,35)/t14-,15+/m0/s1. The van der Waals surface area contributed by atoms with E-state index in [1.54, 1.807) is 26.8 Å². The molecule has 4 aromatic rings. The Labute approximate surface area is 232 Å². The van der Waals surface area contributed by atoms with Gasteiger partial charge in [-0.25, -0.2) is 13.9 Å². The Hall–Kier alpha value is -4.49. The fourth-order valence-corrected chi connectivity index (χ4v) is 5.35. The highest BCUT2D eigenvalue weighted by Gasteiger charge is 2.47. The Morgan fingerprint density at radius 1 is 1.15 bits per heavy atom. The molecule has 3 aromatic heterocycles. The summed E-state index contributed by atoms with van der Waals surface area (Å²) >= 11 is 0. The summed E-state index contributed by atoms with van der Waals surface area (Å²) in [4.78, 5) is 32.6. The average Bonchev–Trinajstić information content (AvgIpc) is 3.52. The van der Waals surface area contributed by atoms with Gasteiger partial charge in [0, 0.05) is 30.8 Å². The van der Waals surface area contributed by atoms with E-state index in [1.807, 2.05) is 0 Å². The quantitative estimate of drug-likeness (QED) is 0.361. The number of nitrogens with zero attached hydrogens (tertiary/aromatic N) is 7. The van der Waals surface area contributed by atoms with Gasteiger partial charge in [-0.15, -0.1) is 0 Å². The normalized spacial score (nSPS) is 18.3. The van der Waals surface area contributed by atoms with Crippen LogP contribution in [0.3, 0.4) is 0 Å². The van der Waals surface area contributed by atoms with Gasteiger partial charge in [-0.05, 0) is 58.0 Å². The van der Waals surface area contributed by atoms with Crippen LogP contribution in [0, 0.1) is 5.82 Å². The topological polar surface area (TPSA) is 115 Å². The predicted molar refractivity (Wildman–Crippen MR) is 143 cm³/mol. The van der Waals surface area contributed by atoms with E-state index in [2.05, 4.69) is 15.2 Å². The van der Waals surface area contributed by atoms with Gasteiger partial charge in [0.25, 0.3) is 5.91 Å². The van der Waals surface area contributed by atoms with Crippen molar-refractivity contribution in [3.63, 3.8) is 0 Å². The van der Waals surface area contributed by atoms with E-state index in [9.17, 15) is 22.8 Å². The number of aromatic nitrogens is 5. The third kappa shape index (κ3) is 4.46. The summed E-state index contributed by atoms with van der Waals surface area (Å²) in [6.07, 6.45) is -2.10. The lowest BCUT2D eigenvalue weighted by atomic mass is 9.93. The first-order chi connectivity index (χ1) is 19.1. The van der Waals surface area contributed by atoms with Gasteiger partial charge in [0.1, 0.15) is 29.2 Å². The first-order valence-corrected chi connectivity index (χ1v) is 12.8. The summed E-state index contributed by atoms with van der Waals surface area (Å²) in [5, 5.41) is 8.17. The lowest BCUT2D eigenvalue weighted by molar-refractivity contribution is -0.165. The molecule has 14 heteroatoms. The maximum absolute atomic E-state index is 15.3. The van der Waals surface area contributed by atoms with Crippen LogP contribution in [0.4, 0.5) is 29.1 Å². The van der Waals surface area contributed by atoms with Crippen molar-refractivity contribution in [2.24, 2.45) is 0 Å². The number of carbonyl (C=O) groups is 2. The zero-order valence-electron chi connectivity index (χ0n) is 22.9. The summed E-state index contributed by atoms with van der Waals surface area (Å²) in [6.45, 7) is 7.50. The molecular formula is C27H28F4N8O2. The van der Waals surface area contributed by atoms with Crippen LogP contribution in [-0.4, -0.2) is 65.4 Å². The lowest BCUT2D eigenvalue weighted by Crippen LogP contribution is -2.67. The fourth-order valence-electron chi connectivity index (χ4n) is 5.35. The number of fused-ring (bicyclic) bond motifs is 1. The molecule has 2 atom stereocenters. The van der Waals surface area contributed by atoms with Crippen molar-refractivity contribution in [2.75, 3.05) is 17.2 Å². The van der Waals surface area contributed by atoms with Gasteiger partial charge in [0.05, 0.1) is 23.1 Å². The van der Waals surface area contributed by atoms with Gasteiger partial charge >= 0.3 is 6.18 Å². The number of hydrogen-bond acceptors (Lipinski definition) is 6. The van der Waals surface area contributed by atoms with E-state index < -0.39 is 35.5 Å². The van der Waals surface area contributed by atoms with E-state index in [0.29, 0.717) is 16.8 Å². The van der Waals surface area contributed by atoms with Crippen LogP contribution in [-0.2, 0) is 9.59 Å². The third-order valence-corrected chi connectivity index (χ3v) is 7.56. The van der Waals surface area contributed by atoms with Crippen LogP contribution >= 0.6 is 0 Å². The van der Waals surface area contributed by atoms with Crippen LogP contribution in [0.5, 0.6) is 0 Å². The Kier molecular flexibility index (Phi) is 6.54. The van der Waals surface area contributed by atoms with E-state index in [1.165, 1.54) is 58.0 Å². The van der Waals surface area contributed by atoms with Crippen molar-refractivity contribution in [2.45, 2.75) is 58.4 Å². The smallest absolute Gasteiger partial charge is 0.382 e. The Bertz CT molecular complexity index is 1680. The molecule has 216 valence electrons. The summed E-state index contributed by atoms with van der Waals surface area (Å²) < 4.78 is 58.4. The number of halogens is 4. The van der Waals surface area contributed by atoms with Gasteiger partial charge in [0.15, 0.2) is 5.82 Å². The monoisotopic (exact) mass is 572 g/mol. The summed E-state index contributed by atoms with van der Waals surface area (Å²) in [6, 6.07) is 4.69. The molecule has 4 heterocycles. The molecule has 10 nitrogen and oxygen atoms in total. The largest absolute Gasteiger partial charge is 0.410 e. The molecule has 0 unspecified atom stereocenters. The molecule has 5 rings (SSSR count). The van der Waals surface area contributed by atoms with Crippen molar-refractivity contribution < 1.29 is 27.2 Å². The second kappa shape index (κ2) is 9.56. The van der Waals surface area contributed by atoms with Crippen LogP contribution in [0.15, 0.2) is 42.9 Å². The molecule has 1 aliphatic rings. The summed E-state index contributed by atoms with van der Waals surface area (Å²) in [5.74, 6) is -1.37. The third-order valence-electron chi connectivity index (χ3n) is 7.56. The van der Waals surface area contributed by atoms with Gasteiger partial charge in [-0.2, -0.15) is 23.4 Å². The molecule has 0 radical (unpaired) electrons. The molecule has 2 amide bonds. The Morgan fingerprint density at radius 3 is 2.51 bits per heavy atom. The number of nitrogens with two attached hydrogens (primary N) is 1. The summed E-state index contributed by atoms with van der Waals surface area (Å²) in [7, 11) is 0. The van der Waals surface area contributed by atoms with Crippen LogP contribution < -0.4 is 10.6 Å². The predicted octanol–water partition coefficient (Wildman–Crippen LogP) is 4.47. The SMILES string of the molecule is CC(=O)N1C[C@H](C)N(c2cc(-c3cc(-c4ccnn4[C@H](C)C(F)(F)F)c4c(N)ncnn34)ccc2F)C(=O)C1(C)C. The number of nitrogen functional groups attached to an aromatic ring is 1. The number of alkyl halides is 3. The Morgan fingerprint density at radius 2 is 1.85 bits per heavy atom. The lowest BCUT2D eigenvalue weighted by Gasteiger charge is -2.48. The first kappa shape index (κ1) is 28.1. The Balaban J connectivity index is 1.67. The van der Waals surface area contributed by atoms with Gasteiger partial charge in [-0.3, -0.25) is 14.3 Å². The molecule has 0 aliphatic carbocycles. The van der Waals surface area contributed by atoms with Crippen LogP contribution in [0.25, 0.3) is 28.0 Å². The van der Waals surface area contributed by atoms with E-state index in [4.69, 9.17) is 5.73 Å².